The molecule has 3 aromatic rings. The van der Waals surface area contributed by atoms with Crippen LogP contribution in [0.1, 0.15) is 12.5 Å². The SMILES string of the molecule is CCS(=O)(=O)N1C[C@@H](C(=O)NCc2cccc3ccccc23)Oc2ccccc21. The molecule has 0 saturated carbocycles. The van der Waals surface area contributed by atoms with E-state index in [-0.39, 0.29) is 18.2 Å². The fourth-order valence-electron chi connectivity index (χ4n) is 3.50. The summed E-state index contributed by atoms with van der Waals surface area (Å²) in [5.41, 5.74) is 1.46. The number of nitrogens with zero attached hydrogens (tertiary/aromatic N) is 1. The number of amides is 1. The Kier molecular flexibility index (Phi) is 5.15. The van der Waals surface area contributed by atoms with E-state index in [4.69, 9.17) is 4.74 Å². The minimum Gasteiger partial charge on any atom is -0.476 e. The molecule has 6 nitrogen and oxygen atoms in total. The Hall–Kier alpha value is -3.06. The van der Waals surface area contributed by atoms with Crippen LogP contribution in [0.25, 0.3) is 10.8 Å². The second-order valence-electron chi connectivity index (χ2n) is 6.86. The zero-order valence-corrected chi connectivity index (χ0v) is 16.9. The first-order valence-corrected chi connectivity index (χ1v) is 11.1. The summed E-state index contributed by atoms with van der Waals surface area (Å²) in [6.07, 6.45) is -0.916. The molecule has 0 saturated heterocycles. The third-order valence-corrected chi connectivity index (χ3v) is 6.81. The number of para-hydroxylation sites is 2. The van der Waals surface area contributed by atoms with Crippen molar-refractivity contribution in [3.8, 4) is 5.75 Å². The van der Waals surface area contributed by atoms with E-state index < -0.39 is 16.1 Å². The molecular formula is C22H22N2O4S. The van der Waals surface area contributed by atoms with Crippen LogP contribution in [-0.4, -0.2) is 32.7 Å². The minimum atomic E-state index is -3.52. The molecule has 1 aliphatic heterocycles. The van der Waals surface area contributed by atoms with E-state index in [1.165, 1.54) is 4.31 Å². The molecule has 3 aromatic carbocycles. The van der Waals surface area contributed by atoms with Crippen molar-refractivity contribution >= 4 is 32.4 Å². The highest BCUT2D eigenvalue weighted by Gasteiger charge is 2.35. The number of carbonyl (C=O) groups excluding carboxylic acids is 1. The Bertz CT molecular complexity index is 1150. The molecule has 150 valence electrons. The van der Waals surface area contributed by atoms with Gasteiger partial charge in [-0.25, -0.2) is 8.42 Å². The predicted octanol–water partition coefficient (Wildman–Crippen LogP) is 3.07. The van der Waals surface area contributed by atoms with Crippen LogP contribution in [0.5, 0.6) is 5.75 Å². The molecule has 29 heavy (non-hydrogen) atoms. The molecule has 0 aromatic heterocycles. The molecule has 1 heterocycles. The topological polar surface area (TPSA) is 75.7 Å². The van der Waals surface area contributed by atoms with Crippen LogP contribution in [0.3, 0.4) is 0 Å². The zero-order valence-electron chi connectivity index (χ0n) is 16.0. The summed E-state index contributed by atoms with van der Waals surface area (Å²) in [6, 6.07) is 20.8. The maximum atomic E-state index is 12.8. The highest BCUT2D eigenvalue weighted by atomic mass is 32.2. The third-order valence-electron chi connectivity index (χ3n) is 5.06. The molecule has 7 heteroatoms. The Balaban J connectivity index is 1.55. The number of rotatable bonds is 5. The van der Waals surface area contributed by atoms with Gasteiger partial charge >= 0.3 is 0 Å². The lowest BCUT2D eigenvalue weighted by molar-refractivity contribution is -0.127. The fraction of sp³-hybridized carbons (Fsp3) is 0.227. The van der Waals surface area contributed by atoms with Gasteiger partial charge in [0.25, 0.3) is 5.91 Å². The van der Waals surface area contributed by atoms with Gasteiger partial charge in [0.05, 0.1) is 18.0 Å². The van der Waals surface area contributed by atoms with Crippen LogP contribution >= 0.6 is 0 Å². The average Bonchev–Trinajstić information content (AvgIpc) is 2.76. The summed E-state index contributed by atoms with van der Waals surface area (Å²) >= 11 is 0. The van der Waals surface area contributed by atoms with Crippen LogP contribution in [0.2, 0.25) is 0 Å². The average molecular weight is 410 g/mol. The van der Waals surface area contributed by atoms with Gasteiger partial charge in [-0.2, -0.15) is 0 Å². The summed E-state index contributed by atoms with van der Waals surface area (Å²) < 4.78 is 32.2. The number of hydrogen-bond donors (Lipinski definition) is 1. The summed E-state index contributed by atoms with van der Waals surface area (Å²) in [6.45, 7) is 1.87. The Morgan fingerprint density at radius 3 is 2.62 bits per heavy atom. The van der Waals surface area contributed by atoms with E-state index in [1.807, 2.05) is 42.5 Å². The van der Waals surface area contributed by atoms with Crippen LogP contribution in [0.15, 0.2) is 66.7 Å². The molecule has 0 bridgehead atoms. The van der Waals surface area contributed by atoms with Gasteiger partial charge < -0.3 is 10.1 Å². The molecule has 0 spiro atoms. The predicted molar refractivity (Wildman–Crippen MR) is 113 cm³/mol. The van der Waals surface area contributed by atoms with Gasteiger partial charge in [0.15, 0.2) is 6.10 Å². The van der Waals surface area contributed by atoms with Crippen molar-refractivity contribution < 1.29 is 17.9 Å². The lowest BCUT2D eigenvalue weighted by Crippen LogP contribution is -2.50. The summed E-state index contributed by atoms with van der Waals surface area (Å²) in [4.78, 5) is 12.8. The molecule has 1 amide bonds. The Morgan fingerprint density at radius 2 is 1.79 bits per heavy atom. The lowest BCUT2D eigenvalue weighted by Gasteiger charge is -2.34. The highest BCUT2D eigenvalue weighted by molar-refractivity contribution is 7.92. The number of ether oxygens (including phenoxy) is 1. The van der Waals surface area contributed by atoms with Gasteiger partial charge in [-0.3, -0.25) is 9.10 Å². The lowest BCUT2D eigenvalue weighted by atomic mass is 10.0. The standard InChI is InChI=1S/C22H22N2O4S/c1-2-29(26,27)24-15-21(28-20-13-6-5-12-19(20)24)22(25)23-14-17-10-7-9-16-8-3-4-11-18(16)17/h3-13,21H,2,14-15H2,1H3,(H,23,25)/t21-/m0/s1. The van der Waals surface area contributed by atoms with Gasteiger partial charge in [-0.1, -0.05) is 54.6 Å². The Labute approximate surface area is 170 Å². The molecule has 1 N–H and O–H groups in total. The first kappa shape index (κ1) is 19.3. The summed E-state index contributed by atoms with van der Waals surface area (Å²) in [5.74, 6) is -0.00379. The quantitative estimate of drug-likeness (QED) is 0.701. The van der Waals surface area contributed by atoms with Gasteiger partial charge in [0.1, 0.15) is 5.75 Å². The van der Waals surface area contributed by atoms with Crippen LogP contribution < -0.4 is 14.4 Å². The second kappa shape index (κ2) is 7.75. The van der Waals surface area contributed by atoms with E-state index in [0.29, 0.717) is 18.0 Å². The van der Waals surface area contributed by atoms with Gasteiger partial charge in [-0.15, -0.1) is 0 Å². The number of anilines is 1. The van der Waals surface area contributed by atoms with Gasteiger partial charge in [0.2, 0.25) is 10.0 Å². The van der Waals surface area contributed by atoms with Crippen LogP contribution in [0, 0.1) is 0 Å². The largest absolute Gasteiger partial charge is 0.476 e. The normalized spacial score (nSPS) is 16.2. The summed E-state index contributed by atoms with van der Waals surface area (Å²) in [7, 11) is -3.52. The molecular weight excluding hydrogens is 388 g/mol. The maximum Gasteiger partial charge on any atom is 0.263 e. The van der Waals surface area contributed by atoms with Crippen LogP contribution in [0.4, 0.5) is 5.69 Å². The molecule has 4 rings (SSSR count). The number of benzene rings is 3. The number of carbonyl (C=O) groups is 1. The van der Waals surface area contributed by atoms with Crippen molar-refractivity contribution in [1.29, 1.82) is 0 Å². The van der Waals surface area contributed by atoms with E-state index in [9.17, 15) is 13.2 Å². The molecule has 0 aliphatic carbocycles. The molecule has 1 aliphatic rings. The van der Waals surface area contributed by atoms with Gasteiger partial charge in [-0.05, 0) is 35.4 Å². The van der Waals surface area contributed by atoms with Crippen molar-refractivity contribution in [2.24, 2.45) is 0 Å². The minimum absolute atomic E-state index is 0.0471. The third kappa shape index (κ3) is 3.78. The fourth-order valence-corrected chi connectivity index (χ4v) is 4.63. The first-order valence-electron chi connectivity index (χ1n) is 9.50. The van der Waals surface area contributed by atoms with Crippen molar-refractivity contribution in [3.05, 3.63) is 72.3 Å². The zero-order chi connectivity index (χ0) is 20.4. The molecule has 0 radical (unpaired) electrons. The van der Waals surface area contributed by atoms with Crippen molar-refractivity contribution in [2.45, 2.75) is 19.6 Å². The molecule has 1 atom stereocenters. The van der Waals surface area contributed by atoms with E-state index >= 15 is 0 Å². The number of nitrogens with one attached hydrogen (secondary N) is 1. The molecule has 0 unspecified atom stereocenters. The second-order valence-corrected chi connectivity index (χ2v) is 9.04. The van der Waals surface area contributed by atoms with Crippen molar-refractivity contribution in [2.75, 3.05) is 16.6 Å². The smallest absolute Gasteiger partial charge is 0.263 e. The van der Waals surface area contributed by atoms with Crippen LogP contribution in [-0.2, 0) is 21.4 Å². The van der Waals surface area contributed by atoms with E-state index in [0.717, 1.165) is 16.3 Å². The monoisotopic (exact) mass is 410 g/mol. The van der Waals surface area contributed by atoms with Gasteiger partial charge in [0, 0.05) is 6.54 Å². The molecule has 0 fully saturated rings. The first-order chi connectivity index (χ1) is 14.0. The maximum absolute atomic E-state index is 12.8. The van der Waals surface area contributed by atoms with Crippen molar-refractivity contribution in [1.82, 2.24) is 5.32 Å². The highest BCUT2D eigenvalue weighted by Crippen LogP contribution is 2.35. The number of sulfonamides is 1. The Morgan fingerprint density at radius 1 is 1.07 bits per heavy atom. The number of hydrogen-bond acceptors (Lipinski definition) is 4. The summed E-state index contributed by atoms with van der Waals surface area (Å²) in [5, 5.41) is 5.07. The van der Waals surface area contributed by atoms with Crippen molar-refractivity contribution in [3.63, 3.8) is 0 Å². The van der Waals surface area contributed by atoms with E-state index in [1.54, 1.807) is 31.2 Å². The number of fused-ring (bicyclic) bond motifs is 2. The van der Waals surface area contributed by atoms with E-state index in [2.05, 4.69) is 5.32 Å².